The van der Waals surface area contributed by atoms with E-state index in [1.165, 1.54) is 4.90 Å². The lowest BCUT2D eigenvalue weighted by atomic mass is 9.77. The minimum Gasteiger partial charge on any atom is -0.472 e. The van der Waals surface area contributed by atoms with Crippen LogP contribution in [0.15, 0.2) is 49.2 Å². The molecule has 5 atom stereocenters. The SMILES string of the molecule is C=C[C@H]1C[C@]1(CC(=O)[C@@H]1C[C@@H]2CN1C(=O)[C@H](C(C)(C)C)CC(=O)N(C)CCC/C=C/c1ccc3ccnc(c3c1)O2)C(=O)NS(=O)(=O)C1CC1. The molecule has 4 aliphatic rings. The molecule has 1 aromatic carbocycles. The average Bonchev–Trinajstić information content (AvgIpc) is 3.99. The van der Waals surface area contributed by atoms with Gasteiger partial charge in [-0.15, -0.1) is 6.58 Å². The van der Waals surface area contributed by atoms with Crippen molar-refractivity contribution in [1.82, 2.24) is 19.5 Å². The smallest absolute Gasteiger partial charge is 0.240 e. The van der Waals surface area contributed by atoms with E-state index < -0.39 is 50.1 Å². The van der Waals surface area contributed by atoms with Gasteiger partial charge in [0.25, 0.3) is 0 Å². The fraction of sp³-hybridized carbons (Fsp3) is 0.553. The molecule has 268 valence electrons. The van der Waals surface area contributed by atoms with Crippen LogP contribution in [-0.4, -0.2) is 84.2 Å². The molecule has 50 heavy (non-hydrogen) atoms. The Hall–Kier alpha value is -4.06. The molecule has 11 nitrogen and oxygen atoms in total. The lowest BCUT2D eigenvalue weighted by Crippen LogP contribution is -2.49. The summed E-state index contributed by atoms with van der Waals surface area (Å²) in [6.07, 6.45) is 9.47. The molecule has 3 fully saturated rings. The van der Waals surface area contributed by atoms with Crippen LogP contribution in [0, 0.1) is 22.7 Å². The summed E-state index contributed by atoms with van der Waals surface area (Å²) in [6, 6.07) is 6.97. The van der Waals surface area contributed by atoms with Crippen LogP contribution in [0.4, 0.5) is 0 Å². The monoisotopic (exact) mass is 704 g/mol. The molecule has 0 spiro atoms. The van der Waals surface area contributed by atoms with Crippen LogP contribution in [-0.2, 0) is 29.2 Å². The molecule has 2 saturated carbocycles. The van der Waals surface area contributed by atoms with Crippen molar-refractivity contribution >= 4 is 50.4 Å². The van der Waals surface area contributed by atoms with Gasteiger partial charge in [0.1, 0.15) is 6.10 Å². The lowest BCUT2D eigenvalue weighted by molar-refractivity contribution is -0.148. The van der Waals surface area contributed by atoms with Crippen LogP contribution in [0.1, 0.15) is 77.7 Å². The number of pyridine rings is 1. The van der Waals surface area contributed by atoms with E-state index in [1.54, 1.807) is 24.2 Å². The van der Waals surface area contributed by atoms with Crippen molar-refractivity contribution in [2.75, 3.05) is 20.1 Å². The number of rotatable bonds is 7. The van der Waals surface area contributed by atoms with E-state index in [0.717, 1.165) is 29.2 Å². The summed E-state index contributed by atoms with van der Waals surface area (Å²) in [5, 5.41) is 1.15. The van der Waals surface area contributed by atoms with Crippen LogP contribution in [0.5, 0.6) is 5.88 Å². The summed E-state index contributed by atoms with van der Waals surface area (Å²) in [5.74, 6) is -2.25. The Morgan fingerprint density at radius 3 is 2.62 bits per heavy atom. The highest BCUT2D eigenvalue weighted by atomic mass is 32.2. The molecule has 0 radical (unpaired) electrons. The average molecular weight is 705 g/mol. The van der Waals surface area contributed by atoms with E-state index in [-0.39, 0.29) is 55.7 Å². The topological polar surface area (TPSA) is 143 Å². The molecule has 2 aromatic rings. The Bertz CT molecular complexity index is 1850. The third kappa shape index (κ3) is 7.36. The van der Waals surface area contributed by atoms with Crippen molar-refractivity contribution in [3.63, 3.8) is 0 Å². The van der Waals surface area contributed by atoms with Gasteiger partial charge >= 0.3 is 0 Å². The van der Waals surface area contributed by atoms with E-state index >= 15 is 0 Å². The minimum atomic E-state index is -3.83. The van der Waals surface area contributed by atoms with Crippen molar-refractivity contribution in [3.05, 3.63) is 54.8 Å². The number of fused-ring (bicyclic) bond motifs is 3. The van der Waals surface area contributed by atoms with E-state index in [4.69, 9.17) is 4.74 Å². The van der Waals surface area contributed by atoms with Gasteiger partial charge in [0, 0.05) is 44.4 Å². The zero-order valence-electron chi connectivity index (χ0n) is 29.4. The molecule has 6 rings (SSSR count). The van der Waals surface area contributed by atoms with Gasteiger partial charge in [-0.1, -0.05) is 51.1 Å². The van der Waals surface area contributed by atoms with Crippen LogP contribution < -0.4 is 9.46 Å². The first kappa shape index (κ1) is 35.8. The molecule has 3 amide bonds. The van der Waals surface area contributed by atoms with Gasteiger partial charge in [0.05, 0.1) is 29.2 Å². The predicted octanol–water partition coefficient (Wildman–Crippen LogP) is 4.66. The highest BCUT2D eigenvalue weighted by Crippen LogP contribution is 2.57. The second-order valence-corrected chi connectivity index (χ2v) is 17.5. The molecule has 0 unspecified atom stereocenters. The van der Waals surface area contributed by atoms with Crippen molar-refractivity contribution in [2.45, 2.75) is 89.5 Å². The fourth-order valence-corrected chi connectivity index (χ4v) is 8.72. The van der Waals surface area contributed by atoms with Crippen molar-refractivity contribution in [1.29, 1.82) is 0 Å². The summed E-state index contributed by atoms with van der Waals surface area (Å²) in [4.78, 5) is 63.7. The largest absolute Gasteiger partial charge is 0.472 e. The summed E-state index contributed by atoms with van der Waals surface area (Å²) in [7, 11) is -2.08. The Morgan fingerprint density at radius 2 is 1.94 bits per heavy atom. The summed E-state index contributed by atoms with van der Waals surface area (Å²) in [6.45, 7) is 10.2. The molecule has 1 saturated heterocycles. The van der Waals surface area contributed by atoms with Gasteiger partial charge in [0.15, 0.2) is 5.78 Å². The number of carbonyl (C=O) groups is 4. The Morgan fingerprint density at radius 1 is 1.18 bits per heavy atom. The fourth-order valence-electron chi connectivity index (χ4n) is 7.34. The molecular formula is C38H48N4O7S. The summed E-state index contributed by atoms with van der Waals surface area (Å²) >= 11 is 0. The first-order chi connectivity index (χ1) is 23.6. The lowest BCUT2D eigenvalue weighted by Gasteiger charge is -2.35. The molecule has 2 aliphatic carbocycles. The number of hydrogen-bond donors (Lipinski definition) is 1. The number of nitrogens with zero attached hydrogens (tertiary/aromatic N) is 3. The van der Waals surface area contributed by atoms with Gasteiger partial charge in [-0.25, -0.2) is 13.4 Å². The zero-order valence-corrected chi connectivity index (χ0v) is 30.2. The molecule has 1 aromatic heterocycles. The van der Waals surface area contributed by atoms with E-state index in [2.05, 4.69) is 22.4 Å². The standard InChI is InChI=1S/C38H48N4O7S/c1-6-26-21-38(26,36(46)40-50(47,48)28-13-14-28)22-32(43)31-19-27-23-42(31)35(45)30(37(2,3)4)20-33(44)41(5)17-9-7-8-10-24-11-12-25-15-16-39-34(49-27)29(25)18-24/h6,8,10-12,15-16,18,26-28,30-31H,1,7,9,13-14,17,19-23H2,2-5H3,(H,40,46)/b10-8+/t26-,27+,30+,31-,38+/m0/s1. The Labute approximate surface area is 294 Å². The zero-order chi connectivity index (χ0) is 36.0. The van der Waals surface area contributed by atoms with Gasteiger partial charge in [0.2, 0.25) is 33.6 Å². The number of carbonyl (C=O) groups excluding carboxylic acids is 4. The van der Waals surface area contributed by atoms with Crippen LogP contribution in [0.2, 0.25) is 0 Å². The normalized spacial score (nSPS) is 28.5. The molecule has 3 heterocycles. The number of Topliss-reactive ketones (excluding diaryl/α,β-unsaturated/α-hetero) is 1. The third-order valence-electron chi connectivity index (χ3n) is 10.8. The summed E-state index contributed by atoms with van der Waals surface area (Å²) in [5.41, 5.74) is -0.900. The first-order valence-corrected chi connectivity index (χ1v) is 19.2. The molecule has 4 bridgehead atoms. The van der Waals surface area contributed by atoms with E-state index in [9.17, 15) is 27.6 Å². The van der Waals surface area contributed by atoms with Gasteiger partial charge < -0.3 is 14.5 Å². The maximum Gasteiger partial charge on any atom is 0.240 e. The quantitative estimate of drug-likeness (QED) is 0.410. The number of nitrogens with one attached hydrogen (secondary N) is 1. The number of ether oxygens (including phenoxy) is 1. The second kappa shape index (κ2) is 13.6. The molecular weight excluding hydrogens is 657 g/mol. The maximum atomic E-state index is 14.6. The van der Waals surface area contributed by atoms with E-state index in [0.29, 0.717) is 25.3 Å². The first-order valence-electron chi connectivity index (χ1n) is 17.6. The Kier molecular flexibility index (Phi) is 9.71. The predicted molar refractivity (Wildman–Crippen MR) is 190 cm³/mol. The van der Waals surface area contributed by atoms with Crippen molar-refractivity contribution in [3.8, 4) is 5.88 Å². The number of amides is 3. The van der Waals surface area contributed by atoms with Crippen LogP contribution >= 0.6 is 0 Å². The second-order valence-electron chi connectivity index (χ2n) is 15.6. The highest BCUT2D eigenvalue weighted by Gasteiger charge is 2.61. The molecule has 1 N–H and O–H groups in total. The highest BCUT2D eigenvalue weighted by molar-refractivity contribution is 7.90. The number of sulfonamides is 1. The van der Waals surface area contributed by atoms with Gasteiger partial charge in [-0.05, 0) is 66.5 Å². The van der Waals surface area contributed by atoms with Crippen LogP contribution in [0.3, 0.4) is 0 Å². The number of hydrogen-bond acceptors (Lipinski definition) is 8. The number of allylic oxidation sites excluding steroid dienone is 2. The Balaban J connectivity index is 1.34. The van der Waals surface area contributed by atoms with Crippen LogP contribution in [0.25, 0.3) is 16.8 Å². The summed E-state index contributed by atoms with van der Waals surface area (Å²) < 4.78 is 34.2. The molecule has 12 heteroatoms. The minimum absolute atomic E-state index is 0.0209. The number of benzene rings is 1. The van der Waals surface area contributed by atoms with Crippen molar-refractivity contribution in [2.24, 2.45) is 22.7 Å². The van der Waals surface area contributed by atoms with Gasteiger partial charge in [-0.3, -0.25) is 23.9 Å². The maximum absolute atomic E-state index is 14.6. The van der Waals surface area contributed by atoms with Crippen molar-refractivity contribution < 1.29 is 32.3 Å². The molecule has 2 aliphatic heterocycles. The van der Waals surface area contributed by atoms with E-state index in [1.807, 2.05) is 51.1 Å². The number of ketones is 1. The van der Waals surface area contributed by atoms with Gasteiger partial charge in [-0.2, -0.15) is 0 Å². The number of aromatic nitrogens is 1. The third-order valence-corrected chi connectivity index (χ3v) is 12.6.